The van der Waals surface area contributed by atoms with Gasteiger partial charge in [-0.1, -0.05) is 41.4 Å². The number of hydrogen-bond donors (Lipinski definition) is 1. The Labute approximate surface area is 173 Å². The molecule has 0 unspecified atom stereocenters. The molecule has 2 amide bonds. The largest absolute Gasteiger partial charge is 0.343 e. The summed E-state index contributed by atoms with van der Waals surface area (Å²) < 4.78 is 14.4. The highest BCUT2D eigenvalue weighted by Gasteiger charge is 2.37. The van der Waals surface area contributed by atoms with Gasteiger partial charge in [0, 0.05) is 17.1 Å². The molecule has 0 aliphatic carbocycles. The highest BCUT2D eigenvalue weighted by atomic mass is 35.5. The summed E-state index contributed by atoms with van der Waals surface area (Å²) in [6.07, 6.45) is 0.431. The van der Waals surface area contributed by atoms with Crippen LogP contribution in [0.2, 0.25) is 10.0 Å². The lowest BCUT2D eigenvalue weighted by atomic mass is 10.0. The summed E-state index contributed by atoms with van der Waals surface area (Å²) in [5.74, 6) is -1.31. The maximum Gasteiger partial charge on any atom is 0.249 e. The monoisotopic (exact) mass is 423 g/mol. The van der Waals surface area contributed by atoms with Crippen molar-refractivity contribution in [1.82, 2.24) is 10.2 Å². The highest BCUT2D eigenvalue weighted by Crippen LogP contribution is 2.31. The van der Waals surface area contributed by atoms with E-state index in [1.807, 2.05) is 0 Å². The second kappa shape index (κ2) is 8.47. The summed E-state index contributed by atoms with van der Waals surface area (Å²) >= 11 is 12.3. The van der Waals surface area contributed by atoms with Crippen LogP contribution in [0.5, 0.6) is 0 Å². The Morgan fingerprint density at radius 3 is 2.50 bits per heavy atom. The molecule has 0 bridgehead atoms. The SMILES string of the molecule is CN(C)[C@@H](C(=O)N[C@@H]1CCN(c2ccccc2Cl)C1=O)c1c(F)cccc1Cl. The molecule has 1 aliphatic heterocycles. The minimum atomic E-state index is -0.962. The lowest BCUT2D eigenvalue weighted by molar-refractivity contribution is -0.129. The number of anilines is 1. The van der Waals surface area contributed by atoms with E-state index < -0.39 is 23.8 Å². The second-order valence-corrected chi connectivity index (χ2v) is 7.61. The fourth-order valence-corrected chi connectivity index (χ4v) is 3.87. The third-order valence-electron chi connectivity index (χ3n) is 4.70. The van der Waals surface area contributed by atoms with Crippen molar-refractivity contribution in [3.63, 3.8) is 0 Å². The first-order valence-corrected chi connectivity index (χ1v) is 9.53. The van der Waals surface area contributed by atoms with E-state index in [4.69, 9.17) is 23.2 Å². The molecule has 2 atom stereocenters. The first-order valence-electron chi connectivity index (χ1n) is 8.78. The summed E-state index contributed by atoms with van der Waals surface area (Å²) in [7, 11) is 3.30. The number of halogens is 3. The molecule has 0 radical (unpaired) electrons. The van der Waals surface area contributed by atoms with E-state index in [2.05, 4.69) is 5.32 Å². The number of amides is 2. The van der Waals surface area contributed by atoms with E-state index in [1.165, 1.54) is 18.2 Å². The number of carbonyl (C=O) groups is 2. The van der Waals surface area contributed by atoms with Crippen molar-refractivity contribution in [3.8, 4) is 0 Å². The lowest BCUT2D eigenvalue weighted by Crippen LogP contribution is -2.46. The van der Waals surface area contributed by atoms with Gasteiger partial charge in [0.05, 0.1) is 10.7 Å². The fraction of sp³-hybridized carbons (Fsp3) is 0.300. The molecule has 1 saturated heterocycles. The summed E-state index contributed by atoms with van der Waals surface area (Å²) in [5.41, 5.74) is 0.687. The number of nitrogens with zero attached hydrogens (tertiary/aromatic N) is 2. The Morgan fingerprint density at radius 1 is 1.18 bits per heavy atom. The molecule has 3 rings (SSSR count). The number of hydrogen-bond acceptors (Lipinski definition) is 3. The molecule has 2 aromatic carbocycles. The summed E-state index contributed by atoms with van der Waals surface area (Å²) in [4.78, 5) is 28.8. The maximum absolute atomic E-state index is 14.4. The van der Waals surface area contributed by atoms with Crippen molar-refractivity contribution >= 4 is 40.7 Å². The molecule has 0 aromatic heterocycles. The Morgan fingerprint density at radius 2 is 1.86 bits per heavy atom. The third-order valence-corrected chi connectivity index (χ3v) is 5.35. The molecule has 28 heavy (non-hydrogen) atoms. The van der Waals surface area contributed by atoms with E-state index in [0.717, 1.165) is 0 Å². The van der Waals surface area contributed by atoms with Gasteiger partial charge in [0.2, 0.25) is 11.8 Å². The van der Waals surface area contributed by atoms with Gasteiger partial charge in [0.15, 0.2) is 0 Å². The summed E-state index contributed by atoms with van der Waals surface area (Å²) in [6.45, 7) is 0.431. The molecular weight excluding hydrogens is 404 g/mol. The molecule has 1 aliphatic rings. The molecule has 148 valence electrons. The Bertz CT molecular complexity index is 887. The van der Waals surface area contributed by atoms with Gasteiger partial charge < -0.3 is 10.2 Å². The Balaban J connectivity index is 1.80. The number of benzene rings is 2. The van der Waals surface area contributed by atoms with Crippen LogP contribution in [0.4, 0.5) is 10.1 Å². The van der Waals surface area contributed by atoms with Crippen LogP contribution in [0.25, 0.3) is 0 Å². The van der Waals surface area contributed by atoms with Crippen LogP contribution in [-0.2, 0) is 9.59 Å². The number of nitrogens with one attached hydrogen (secondary N) is 1. The molecule has 1 heterocycles. The standard InChI is InChI=1S/C20H20Cl2FN3O2/c1-25(2)18(17-13(22)7-5-8-14(17)23)19(27)24-15-10-11-26(20(15)28)16-9-4-3-6-12(16)21/h3-9,15,18H,10-11H2,1-2H3,(H,24,27)/t15-,18-/m1/s1. The quantitative estimate of drug-likeness (QED) is 0.798. The van der Waals surface area contributed by atoms with Gasteiger partial charge in [-0.05, 0) is 44.8 Å². The summed E-state index contributed by atoms with van der Waals surface area (Å²) in [6, 6.07) is 9.63. The van der Waals surface area contributed by atoms with Crippen LogP contribution in [0.3, 0.4) is 0 Å². The van der Waals surface area contributed by atoms with Crippen molar-refractivity contribution < 1.29 is 14.0 Å². The Kier molecular flexibility index (Phi) is 6.23. The molecule has 1 fully saturated rings. The van der Waals surface area contributed by atoms with Crippen molar-refractivity contribution in [2.75, 3.05) is 25.5 Å². The highest BCUT2D eigenvalue weighted by molar-refractivity contribution is 6.34. The lowest BCUT2D eigenvalue weighted by Gasteiger charge is -2.26. The normalized spacial score (nSPS) is 17.9. The molecule has 2 aromatic rings. The first kappa shape index (κ1) is 20.6. The molecular formula is C20H20Cl2FN3O2. The number of para-hydroxylation sites is 1. The van der Waals surface area contributed by atoms with E-state index in [1.54, 1.807) is 48.2 Å². The average Bonchev–Trinajstić information content (AvgIpc) is 2.98. The van der Waals surface area contributed by atoms with Crippen LogP contribution in [0.15, 0.2) is 42.5 Å². The number of rotatable bonds is 5. The molecule has 5 nitrogen and oxygen atoms in total. The molecule has 0 spiro atoms. The average molecular weight is 424 g/mol. The van der Waals surface area contributed by atoms with Crippen molar-refractivity contribution in [3.05, 3.63) is 63.9 Å². The minimum absolute atomic E-state index is 0.0834. The van der Waals surface area contributed by atoms with E-state index in [-0.39, 0.29) is 16.5 Å². The van der Waals surface area contributed by atoms with Crippen LogP contribution >= 0.6 is 23.2 Å². The van der Waals surface area contributed by atoms with Gasteiger partial charge in [-0.3, -0.25) is 14.5 Å². The van der Waals surface area contributed by atoms with Crippen molar-refractivity contribution in [2.24, 2.45) is 0 Å². The maximum atomic E-state index is 14.4. The third kappa shape index (κ3) is 3.99. The predicted octanol–water partition coefficient (Wildman–Crippen LogP) is 3.66. The molecule has 8 heteroatoms. The molecule has 0 saturated carbocycles. The predicted molar refractivity (Wildman–Crippen MR) is 108 cm³/mol. The van der Waals surface area contributed by atoms with Gasteiger partial charge in [-0.2, -0.15) is 0 Å². The van der Waals surface area contributed by atoms with Crippen molar-refractivity contribution in [1.29, 1.82) is 0 Å². The minimum Gasteiger partial charge on any atom is -0.343 e. The fourth-order valence-electron chi connectivity index (χ4n) is 3.37. The number of likely N-dealkylation sites (N-methyl/N-ethyl adjacent to an activating group) is 1. The zero-order chi connectivity index (χ0) is 20.4. The zero-order valence-corrected chi connectivity index (χ0v) is 17.0. The van der Waals surface area contributed by atoms with E-state index in [9.17, 15) is 14.0 Å². The smallest absolute Gasteiger partial charge is 0.249 e. The topological polar surface area (TPSA) is 52.7 Å². The van der Waals surface area contributed by atoms with E-state index >= 15 is 0 Å². The number of carbonyl (C=O) groups excluding carboxylic acids is 2. The van der Waals surface area contributed by atoms with Gasteiger partial charge in [0.1, 0.15) is 17.9 Å². The second-order valence-electron chi connectivity index (χ2n) is 6.79. The Hall–Kier alpha value is -2.15. The van der Waals surface area contributed by atoms with Gasteiger partial charge in [0.25, 0.3) is 0 Å². The van der Waals surface area contributed by atoms with Gasteiger partial charge >= 0.3 is 0 Å². The van der Waals surface area contributed by atoms with Crippen LogP contribution in [0.1, 0.15) is 18.0 Å². The molecule has 1 N–H and O–H groups in total. The summed E-state index contributed by atoms with van der Waals surface area (Å²) in [5, 5.41) is 3.36. The van der Waals surface area contributed by atoms with Crippen LogP contribution in [-0.4, -0.2) is 43.4 Å². The van der Waals surface area contributed by atoms with Crippen molar-refractivity contribution in [2.45, 2.75) is 18.5 Å². The first-order chi connectivity index (χ1) is 13.3. The van der Waals surface area contributed by atoms with E-state index in [0.29, 0.717) is 23.7 Å². The van der Waals surface area contributed by atoms with Gasteiger partial charge in [-0.25, -0.2) is 4.39 Å². The van der Waals surface area contributed by atoms with Gasteiger partial charge in [-0.15, -0.1) is 0 Å². The van der Waals surface area contributed by atoms with Crippen LogP contribution < -0.4 is 10.2 Å². The van der Waals surface area contributed by atoms with Crippen LogP contribution in [0, 0.1) is 5.82 Å². The zero-order valence-electron chi connectivity index (χ0n) is 15.5.